The van der Waals surface area contributed by atoms with Crippen LogP contribution >= 0.6 is 11.3 Å². The molecular formula is C10H11N3O3S. The second-order valence-corrected chi connectivity index (χ2v) is 3.60. The van der Waals surface area contributed by atoms with Gasteiger partial charge in [-0.15, -0.1) is 17.8 Å². The lowest BCUT2D eigenvalue weighted by atomic mass is 10.3. The van der Waals surface area contributed by atoms with Crippen molar-refractivity contribution in [3.63, 3.8) is 0 Å². The molecule has 0 aromatic carbocycles. The first-order valence-corrected chi connectivity index (χ1v) is 5.59. The van der Waals surface area contributed by atoms with Gasteiger partial charge >= 0.3 is 5.97 Å². The number of thiazole rings is 1. The monoisotopic (exact) mass is 253 g/mol. The number of hydrogen-bond acceptors (Lipinski definition) is 7. The molecule has 7 heteroatoms. The Morgan fingerprint density at radius 2 is 2.53 bits per heavy atom. The van der Waals surface area contributed by atoms with Gasteiger partial charge in [-0.1, -0.05) is 11.1 Å². The number of aromatic nitrogens is 1. The summed E-state index contributed by atoms with van der Waals surface area (Å²) in [6.45, 7) is 1.88. The number of nitrogens with zero attached hydrogens (tertiary/aromatic N) is 2. The van der Waals surface area contributed by atoms with E-state index in [4.69, 9.17) is 21.7 Å². The molecular weight excluding hydrogens is 242 g/mol. The number of esters is 1. The number of carbonyl (C=O) groups is 1. The van der Waals surface area contributed by atoms with Crippen LogP contribution in [-0.2, 0) is 14.4 Å². The van der Waals surface area contributed by atoms with Crippen LogP contribution in [0.5, 0.6) is 0 Å². The number of anilines is 1. The van der Waals surface area contributed by atoms with Gasteiger partial charge in [0.25, 0.3) is 0 Å². The Kier molecular flexibility index (Phi) is 4.97. The van der Waals surface area contributed by atoms with Gasteiger partial charge < -0.3 is 15.3 Å². The Hall–Kier alpha value is -2.07. The molecule has 0 radical (unpaired) electrons. The van der Waals surface area contributed by atoms with E-state index in [2.05, 4.69) is 16.1 Å². The Morgan fingerprint density at radius 1 is 1.76 bits per heavy atom. The van der Waals surface area contributed by atoms with Crippen LogP contribution in [-0.4, -0.2) is 29.9 Å². The zero-order valence-corrected chi connectivity index (χ0v) is 9.99. The molecule has 6 nitrogen and oxygen atoms in total. The van der Waals surface area contributed by atoms with E-state index in [9.17, 15) is 4.79 Å². The van der Waals surface area contributed by atoms with Gasteiger partial charge in [-0.05, 0) is 6.92 Å². The minimum Gasteiger partial charge on any atom is -0.461 e. The fourth-order valence-corrected chi connectivity index (χ4v) is 1.47. The minimum atomic E-state index is -0.630. The number of ether oxygens (including phenoxy) is 1. The van der Waals surface area contributed by atoms with Crippen molar-refractivity contribution < 1.29 is 14.4 Å². The number of carbonyl (C=O) groups excluding carboxylic acids is 1. The molecule has 0 atom stereocenters. The van der Waals surface area contributed by atoms with Crippen molar-refractivity contribution in [3.8, 4) is 12.3 Å². The number of hydrogen-bond donors (Lipinski definition) is 1. The van der Waals surface area contributed by atoms with Crippen LogP contribution in [0.15, 0.2) is 10.5 Å². The van der Waals surface area contributed by atoms with E-state index in [0.29, 0.717) is 10.8 Å². The third-order valence-electron chi connectivity index (χ3n) is 1.54. The van der Waals surface area contributed by atoms with E-state index in [1.54, 1.807) is 12.3 Å². The smallest absolute Gasteiger partial charge is 0.362 e. The summed E-state index contributed by atoms with van der Waals surface area (Å²) >= 11 is 1.19. The van der Waals surface area contributed by atoms with Gasteiger partial charge in [0.1, 0.15) is 5.69 Å². The molecule has 0 saturated heterocycles. The maximum atomic E-state index is 11.6. The Morgan fingerprint density at radius 3 is 3.06 bits per heavy atom. The van der Waals surface area contributed by atoms with Gasteiger partial charge in [0.05, 0.1) is 6.61 Å². The lowest BCUT2D eigenvalue weighted by Gasteiger charge is -2.02. The molecule has 90 valence electrons. The van der Waals surface area contributed by atoms with E-state index >= 15 is 0 Å². The van der Waals surface area contributed by atoms with Gasteiger partial charge in [0.2, 0.25) is 5.71 Å². The maximum absolute atomic E-state index is 11.6. The normalized spacial score (nSPS) is 10.7. The highest BCUT2D eigenvalue weighted by Crippen LogP contribution is 2.12. The number of rotatable bonds is 5. The zero-order chi connectivity index (χ0) is 12.7. The summed E-state index contributed by atoms with van der Waals surface area (Å²) in [4.78, 5) is 20.3. The maximum Gasteiger partial charge on any atom is 0.362 e. The van der Waals surface area contributed by atoms with Crippen LogP contribution in [0.4, 0.5) is 5.13 Å². The highest BCUT2D eigenvalue weighted by molar-refractivity contribution is 7.13. The van der Waals surface area contributed by atoms with Crippen LogP contribution < -0.4 is 5.73 Å². The van der Waals surface area contributed by atoms with E-state index in [1.165, 1.54) is 11.3 Å². The summed E-state index contributed by atoms with van der Waals surface area (Å²) < 4.78 is 4.82. The predicted molar refractivity (Wildman–Crippen MR) is 64.5 cm³/mol. The second kappa shape index (κ2) is 6.50. The largest absolute Gasteiger partial charge is 0.461 e. The Bertz CT molecular complexity index is 462. The molecule has 0 amide bonds. The average Bonchev–Trinajstić information content (AvgIpc) is 2.71. The first kappa shape index (κ1) is 13.0. The molecule has 0 aliphatic rings. The van der Waals surface area contributed by atoms with Crippen molar-refractivity contribution in [2.75, 3.05) is 18.9 Å². The fourth-order valence-electron chi connectivity index (χ4n) is 0.919. The van der Waals surface area contributed by atoms with Crippen molar-refractivity contribution in [1.29, 1.82) is 0 Å². The van der Waals surface area contributed by atoms with Crippen molar-refractivity contribution in [3.05, 3.63) is 11.1 Å². The molecule has 1 rings (SSSR count). The summed E-state index contributed by atoms with van der Waals surface area (Å²) in [5, 5.41) is 5.52. The lowest BCUT2D eigenvalue weighted by Crippen LogP contribution is -2.19. The van der Waals surface area contributed by atoms with Crippen LogP contribution in [0, 0.1) is 12.3 Å². The first-order chi connectivity index (χ1) is 8.19. The molecule has 0 aliphatic carbocycles. The molecule has 1 heterocycles. The summed E-state index contributed by atoms with van der Waals surface area (Å²) in [6, 6.07) is 0. The molecule has 2 N–H and O–H groups in total. The summed E-state index contributed by atoms with van der Waals surface area (Å²) in [6.07, 6.45) is 5.00. The third-order valence-corrected chi connectivity index (χ3v) is 2.21. The van der Waals surface area contributed by atoms with Gasteiger partial charge in [-0.25, -0.2) is 9.78 Å². The Balaban J connectivity index is 2.90. The molecule has 0 unspecified atom stereocenters. The van der Waals surface area contributed by atoms with Crippen LogP contribution in [0.1, 0.15) is 12.6 Å². The third kappa shape index (κ3) is 3.77. The lowest BCUT2D eigenvalue weighted by molar-refractivity contribution is -0.135. The standard InChI is InChI=1S/C10H11N3O3S/c1-3-5-16-13-8(9(14)15-4-2)7-6-17-10(11)12-7/h1,6H,4-5H2,2H3,(H2,11,12)/b13-8-. The van der Waals surface area contributed by atoms with Crippen LogP contribution in [0.2, 0.25) is 0 Å². The predicted octanol–water partition coefficient (Wildman–Crippen LogP) is 0.642. The quantitative estimate of drug-likeness (QED) is 0.273. The minimum absolute atomic E-state index is 0.0392. The van der Waals surface area contributed by atoms with Crippen molar-refractivity contribution in [1.82, 2.24) is 4.98 Å². The molecule has 0 aliphatic heterocycles. The van der Waals surface area contributed by atoms with E-state index in [-0.39, 0.29) is 18.9 Å². The van der Waals surface area contributed by atoms with Gasteiger partial charge in [0.15, 0.2) is 11.7 Å². The average molecular weight is 253 g/mol. The van der Waals surface area contributed by atoms with E-state index in [0.717, 1.165) is 0 Å². The van der Waals surface area contributed by atoms with Gasteiger partial charge in [-0.3, -0.25) is 0 Å². The zero-order valence-electron chi connectivity index (χ0n) is 9.17. The number of nitrogen functional groups attached to an aromatic ring is 1. The fraction of sp³-hybridized carbons (Fsp3) is 0.300. The second-order valence-electron chi connectivity index (χ2n) is 2.71. The van der Waals surface area contributed by atoms with Crippen molar-refractivity contribution >= 4 is 28.1 Å². The molecule has 1 aromatic rings. The SMILES string of the molecule is C#CCO/N=C(\C(=O)OCC)c1csc(N)n1. The van der Waals surface area contributed by atoms with Crippen LogP contribution in [0.25, 0.3) is 0 Å². The Labute approximate surface area is 102 Å². The molecule has 0 saturated carbocycles. The molecule has 0 fully saturated rings. The molecule has 17 heavy (non-hydrogen) atoms. The molecule has 0 spiro atoms. The summed E-state index contributed by atoms with van der Waals surface area (Å²) in [5.74, 6) is 1.60. The van der Waals surface area contributed by atoms with Gasteiger partial charge in [0, 0.05) is 5.38 Å². The van der Waals surface area contributed by atoms with Crippen LogP contribution in [0.3, 0.4) is 0 Å². The van der Waals surface area contributed by atoms with Gasteiger partial charge in [-0.2, -0.15) is 0 Å². The summed E-state index contributed by atoms with van der Waals surface area (Å²) in [7, 11) is 0. The highest BCUT2D eigenvalue weighted by Gasteiger charge is 2.19. The topological polar surface area (TPSA) is 86.8 Å². The molecule has 0 bridgehead atoms. The number of oxime groups is 1. The number of nitrogens with two attached hydrogens (primary N) is 1. The van der Waals surface area contributed by atoms with Crippen molar-refractivity contribution in [2.24, 2.45) is 5.16 Å². The number of terminal acetylenes is 1. The highest BCUT2D eigenvalue weighted by atomic mass is 32.1. The molecule has 1 aromatic heterocycles. The van der Waals surface area contributed by atoms with Crippen molar-refractivity contribution in [2.45, 2.75) is 6.92 Å². The summed E-state index contributed by atoms with van der Waals surface area (Å²) in [5.41, 5.74) is 5.73. The van der Waals surface area contributed by atoms with E-state index < -0.39 is 5.97 Å². The van der Waals surface area contributed by atoms with E-state index in [1.807, 2.05) is 0 Å². The first-order valence-electron chi connectivity index (χ1n) is 4.71.